The smallest absolute Gasteiger partial charge is 0.246 e. The molecule has 0 spiro atoms. The molecule has 0 radical (unpaired) electrons. The molecular weight excluding hydrogens is 313 g/mol. The van der Waals surface area contributed by atoms with Crippen LogP contribution >= 0.6 is 0 Å². The molecule has 1 aliphatic carbocycles. The number of nitrogens with one attached hydrogen (secondary N) is 2. The Balaban J connectivity index is 1.45. The third kappa shape index (κ3) is 3.91. The lowest BCUT2D eigenvalue weighted by molar-refractivity contribution is -0.128. The van der Waals surface area contributed by atoms with E-state index >= 15 is 0 Å². The van der Waals surface area contributed by atoms with Crippen LogP contribution in [0, 0.1) is 11.7 Å². The van der Waals surface area contributed by atoms with Crippen molar-refractivity contribution < 1.29 is 19.0 Å². The second-order valence-electron chi connectivity index (χ2n) is 6.31. The Morgan fingerprint density at radius 1 is 1.54 bits per heavy atom. The number of hydrogen-bond acceptors (Lipinski definition) is 4. The van der Waals surface area contributed by atoms with Gasteiger partial charge in [-0.1, -0.05) is 6.92 Å². The Hall–Kier alpha value is -1.99. The zero-order chi connectivity index (χ0) is 17.1. The van der Waals surface area contributed by atoms with Gasteiger partial charge in [-0.2, -0.15) is 0 Å². The second-order valence-corrected chi connectivity index (χ2v) is 6.31. The topological polar surface area (TPSA) is 87.2 Å². The highest BCUT2D eigenvalue weighted by Crippen LogP contribution is 2.31. The lowest BCUT2D eigenvalue weighted by atomic mass is 9.76. The summed E-state index contributed by atoms with van der Waals surface area (Å²) >= 11 is 0. The molecule has 0 aliphatic heterocycles. The summed E-state index contributed by atoms with van der Waals surface area (Å²) in [5.74, 6) is 0.395. The van der Waals surface area contributed by atoms with Crippen molar-refractivity contribution in [1.82, 2.24) is 15.3 Å². The molecule has 0 bridgehead atoms. The summed E-state index contributed by atoms with van der Waals surface area (Å²) in [7, 11) is 0. The van der Waals surface area contributed by atoms with Gasteiger partial charge in [0.05, 0.1) is 17.1 Å². The molecule has 6 nitrogen and oxygen atoms in total. The van der Waals surface area contributed by atoms with Gasteiger partial charge < -0.3 is 20.1 Å². The summed E-state index contributed by atoms with van der Waals surface area (Å²) < 4.78 is 18.5. The van der Waals surface area contributed by atoms with Gasteiger partial charge in [-0.05, 0) is 43.4 Å². The number of carbonyl (C=O) groups excluding carboxylic acids is 1. The van der Waals surface area contributed by atoms with Crippen LogP contribution in [-0.2, 0) is 16.1 Å². The summed E-state index contributed by atoms with van der Waals surface area (Å²) in [6.07, 6.45) is 2.10. The standard InChI is InChI=1S/C17H22FN3O3/c1-2-13(10-5-12(22)6-10)21-17(23)9-24-8-16-19-14-4-3-11(18)7-15(14)20-16/h3-4,7,10,12-13,22H,2,5-6,8-9H2,1H3,(H,19,20)(H,21,23)/t10?,12?,13-/m0/s1. The number of aliphatic hydroxyl groups is 1. The van der Waals surface area contributed by atoms with Gasteiger partial charge in [0.2, 0.25) is 5.91 Å². The number of amides is 1. The van der Waals surface area contributed by atoms with Crippen LogP contribution < -0.4 is 5.32 Å². The number of aromatic nitrogens is 2. The molecule has 3 N–H and O–H groups in total. The zero-order valence-electron chi connectivity index (χ0n) is 13.6. The van der Waals surface area contributed by atoms with E-state index in [2.05, 4.69) is 15.3 Å². The molecule has 2 aromatic rings. The number of hydrogen-bond donors (Lipinski definition) is 3. The van der Waals surface area contributed by atoms with Crippen LogP contribution in [0.4, 0.5) is 4.39 Å². The lowest BCUT2D eigenvalue weighted by Gasteiger charge is -2.37. The fraction of sp³-hybridized carbons (Fsp3) is 0.529. The third-order valence-electron chi connectivity index (χ3n) is 4.47. The molecule has 1 amide bonds. The van der Waals surface area contributed by atoms with E-state index in [0.29, 0.717) is 22.8 Å². The predicted molar refractivity (Wildman–Crippen MR) is 86.7 cm³/mol. The Bertz CT molecular complexity index is 712. The maximum atomic E-state index is 13.1. The SMILES string of the molecule is CC[C@H](NC(=O)COCc1nc2ccc(F)cc2[nH]1)C1CC(O)C1. The quantitative estimate of drug-likeness (QED) is 0.721. The van der Waals surface area contributed by atoms with Crippen LogP contribution in [0.2, 0.25) is 0 Å². The molecule has 3 rings (SSSR count). The van der Waals surface area contributed by atoms with Crippen molar-refractivity contribution >= 4 is 16.9 Å². The number of nitrogens with zero attached hydrogens (tertiary/aromatic N) is 1. The highest BCUT2D eigenvalue weighted by molar-refractivity contribution is 5.77. The van der Waals surface area contributed by atoms with Crippen LogP contribution in [0.1, 0.15) is 32.0 Å². The Kier molecular flexibility index (Phi) is 5.11. The van der Waals surface area contributed by atoms with Crippen molar-refractivity contribution in [3.05, 3.63) is 29.8 Å². The van der Waals surface area contributed by atoms with Gasteiger partial charge in [-0.25, -0.2) is 9.37 Å². The summed E-state index contributed by atoms with van der Waals surface area (Å²) in [5.41, 5.74) is 1.27. The molecule has 1 atom stereocenters. The molecule has 1 aromatic heterocycles. The Morgan fingerprint density at radius 3 is 3.04 bits per heavy atom. The minimum atomic E-state index is -0.329. The number of halogens is 1. The fourth-order valence-corrected chi connectivity index (χ4v) is 3.10. The van der Waals surface area contributed by atoms with Crippen molar-refractivity contribution in [2.45, 2.75) is 44.9 Å². The average molecular weight is 335 g/mol. The molecular formula is C17H22FN3O3. The van der Waals surface area contributed by atoms with E-state index in [1.165, 1.54) is 12.1 Å². The molecule has 0 unspecified atom stereocenters. The number of imidazole rings is 1. The number of aliphatic hydroxyl groups excluding tert-OH is 1. The first kappa shape index (κ1) is 16.9. The van der Waals surface area contributed by atoms with Crippen molar-refractivity contribution in [3.8, 4) is 0 Å². The van der Waals surface area contributed by atoms with E-state index < -0.39 is 0 Å². The number of fused-ring (bicyclic) bond motifs is 1. The second kappa shape index (κ2) is 7.27. The number of ether oxygens (including phenoxy) is 1. The average Bonchev–Trinajstić information content (AvgIpc) is 2.91. The number of rotatable bonds is 7. The van der Waals surface area contributed by atoms with Gasteiger partial charge in [0, 0.05) is 6.04 Å². The van der Waals surface area contributed by atoms with Crippen molar-refractivity contribution in [1.29, 1.82) is 0 Å². The minimum Gasteiger partial charge on any atom is -0.393 e. The van der Waals surface area contributed by atoms with E-state index in [4.69, 9.17) is 4.74 Å². The monoisotopic (exact) mass is 335 g/mol. The minimum absolute atomic E-state index is 0.0584. The molecule has 1 aliphatic rings. The number of aromatic amines is 1. The van der Waals surface area contributed by atoms with Crippen LogP contribution in [-0.4, -0.2) is 39.7 Å². The van der Waals surface area contributed by atoms with Crippen LogP contribution in [0.5, 0.6) is 0 Å². The summed E-state index contributed by atoms with van der Waals surface area (Å²) in [4.78, 5) is 19.2. The normalized spacial score (nSPS) is 21.5. The number of H-pyrrole nitrogens is 1. The Morgan fingerprint density at radius 2 is 2.33 bits per heavy atom. The van der Waals surface area contributed by atoms with Gasteiger partial charge in [-0.3, -0.25) is 4.79 Å². The van der Waals surface area contributed by atoms with Gasteiger partial charge in [0.1, 0.15) is 24.9 Å². The van der Waals surface area contributed by atoms with E-state index in [1.807, 2.05) is 6.92 Å². The third-order valence-corrected chi connectivity index (χ3v) is 4.47. The highest BCUT2D eigenvalue weighted by atomic mass is 19.1. The first-order valence-electron chi connectivity index (χ1n) is 8.24. The molecule has 24 heavy (non-hydrogen) atoms. The molecule has 7 heteroatoms. The molecule has 1 saturated carbocycles. The van der Waals surface area contributed by atoms with E-state index in [0.717, 1.165) is 19.3 Å². The van der Waals surface area contributed by atoms with Gasteiger partial charge in [-0.15, -0.1) is 0 Å². The van der Waals surface area contributed by atoms with Crippen molar-refractivity contribution in [2.75, 3.05) is 6.61 Å². The molecule has 1 fully saturated rings. The van der Waals surface area contributed by atoms with Gasteiger partial charge in [0.15, 0.2) is 0 Å². The zero-order valence-corrected chi connectivity index (χ0v) is 13.6. The van der Waals surface area contributed by atoms with Crippen molar-refractivity contribution in [3.63, 3.8) is 0 Å². The number of carbonyl (C=O) groups is 1. The molecule has 130 valence electrons. The summed E-state index contributed by atoms with van der Waals surface area (Å²) in [6.45, 7) is 2.11. The summed E-state index contributed by atoms with van der Waals surface area (Å²) in [5, 5.41) is 12.3. The highest BCUT2D eigenvalue weighted by Gasteiger charge is 2.33. The largest absolute Gasteiger partial charge is 0.393 e. The first-order valence-corrected chi connectivity index (χ1v) is 8.24. The predicted octanol–water partition coefficient (Wildman–Crippen LogP) is 1.88. The van der Waals surface area contributed by atoms with Crippen molar-refractivity contribution in [2.24, 2.45) is 5.92 Å². The first-order chi connectivity index (χ1) is 11.5. The van der Waals surface area contributed by atoms with Crippen LogP contribution in [0.3, 0.4) is 0 Å². The van der Waals surface area contributed by atoms with E-state index in [-0.39, 0.29) is 37.1 Å². The fourth-order valence-electron chi connectivity index (χ4n) is 3.10. The van der Waals surface area contributed by atoms with Gasteiger partial charge in [0.25, 0.3) is 0 Å². The molecule has 0 saturated heterocycles. The maximum Gasteiger partial charge on any atom is 0.246 e. The summed E-state index contributed by atoms with van der Waals surface area (Å²) in [6, 6.07) is 4.40. The lowest BCUT2D eigenvalue weighted by Crippen LogP contribution is -2.47. The molecule has 1 aromatic carbocycles. The van der Waals surface area contributed by atoms with Gasteiger partial charge >= 0.3 is 0 Å². The van der Waals surface area contributed by atoms with E-state index in [1.54, 1.807) is 6.07 Å². The Labute approximate surface area is 139 Å². The number of benzene rings is 1. The maximum absolute atomic E-state index is 13.1. The van der Waals surface area contributed by atoms with E-state index in [9.17, 15) is 14.3 Å². The van der Waals surface area contributed by atoms with Crippen LogP contribution in [0.25, 0.3) is 11.0 Å². The van der Waals surface area contributed by atoms with Crippen LogP contribution in [0.15, 0.2) is 18.2 Å². The molecule has 1 heterocycles.